The monoisotopic (exact) mass is 254 g/mol. The molecule has 0 aromatic heterocycles. The zero-order valence-corrected chi connectivity index (χ0v) is 9.61. The van der Waals surface area contributed by atoms with Crippen molar-refractivity contribution in [2.45, 2.75) is 0 Å². The molecule has 0 unspecified atom stereocenters. The predicted molar refractivity (Wildman–Crippen MR) is 60.7 cm³/mol. The van der Waals surface area contributed by atoms with Crippen molar-refractivity contribution in [2.24, 2.45) is 0 Å². The number of aliphatic carboxylic acids is 1. The molecule has 0 aliphatic carbocycles. The van der Waals surface area contributed by atoms with Crippen molar-refractivity contribution in [3.8, 4) is 0 Å². The van der Waals surface area contributed by atoms with Crippen LogP contribution in [-0.4, -0.2) is 31.9 Å². The molecule has 1 heterocycles. The molecule has 0 spiro atoms. The van der Waals surface area contributed by atoms with E-state index in [4.69, 9.17) is 9.84 Å². The van der Waals surface area contributed by atoms with Crippen molar-refractivity contribution in [1.82, 2.24) is 0 Å². The molecular weight excluding hydrogens is 244 g/mol. The van der Waals surface area contributed by atoms with Crippen molar-refractivity contribution < 1.29 is 23.1 Å². The second-order valence-corrected chi connectivity index (χ2v) is 5.54. The van der Waals surface area contributed by atoms with Crippen LogP contribution in [0.3, 0.4) is 0 Å². The van der Waals surface area contributed by atoms with Gasteiger partial charge in [-0.3, -0.25) is 0 Å². The van der Waals surface area contributed by atoms with Gasteiger partial charge in [-0.05, 0) is 0 Å². The second kappa shape index (κ2) is 4.21. The van der Waals surface area contributed by atoms with E-state index in [1.165, 1.54) is 0 Å². The van der Waals surface area contributed by atoms with E-state index in [1.54, 1.807) is 30.3 Å². The van der Waals surface area contributed by atoms with E-state index >= 15 is 0 Å². The fourth-order valence-corrected chi connectivity index (χ4v) is 2.83. The minimum atomic E-state index is -3.77. The quantitative estimate of drug-likeness (QED) is 0.847. The van der Waals surface area contributed by atoms with E-state index in [2.05, 4.69) is 0 Å². The Kier molecular flexibility index (Phi) is 2.89. The summed E-state index contributed by atoms with van der Waals surface area (Å²) in [6, 6.07) is 8.35. The Morgan fingerprint density at radius 3 is 2.47 bits per heavy atom. The zero-order valence-electron chi connectivity index (χ0n) is 8.79. The summed E-state index contributed by atoms with van der Waals surface area (Å²) in [5.41, 5.74) is 0.452. The lowest BCUT2D eigenvalue weighted by Crippen LogP contribution is -2.26. The highest BCUT2D eigenvalue weighted by atomic mass is 32.2. The number of hydrogen-bond donors (Lipinski definition) is 1. The number of rotatable bonds is 2. The van der Waals surface area contributed by atoms with Gasteiger partial charge in [-0.15, -0.1) is 0 Å². The van der Waals surface area contributed by atoms with Crippen LogP contribution in [0, 0.1) is 0 Å². The van der Waals surface area contributed by atoms with Gasteiger partial charge < -0.3 is 9.84 Å². The van der Waals surface area contributed by atoms with Crippen LogP contribution in [0.4, 0.5) is 0 Å². The summed E-state index contributed by atoms with van der Waals surface area (Å²) in [6.45, 7) is -0.0245. The van der Waals surface area contributed by atoms with Gasteiger partial charge in [-0.1, -0.05) is 30.3 Å². The first-order chi connectivity index (χ1) is 8.02. The van der Waals surface area contributed by atoms with Crippen LogP contribution >= 0.6 is 0 Å². The van der Waals surface area contributed by atoms with Gasteiger partial charge in [0, 0.05) is 5.56 Å². The first kappa shape index (κ1) is 11.7. The molecule has 0 radical (unpaired) electrons. The summed E-state index contributed by atoms with van der Waals surface area (Å²) in [5, 5.41) is 8.99. The van der Waals surface area contributed by atoms with Crippen molar-refractivity contribution >= 4 is 21.6 Å². The highest BCUT2D eigenvalue weighted by Crippen LogP contribution is 2.28. The Hall–Kier alpha value is -1.82. The van der Waals surface area contributed by atoms with E-state index in [1.807, 2.05) is 0 Å². The molecule has 6 heteroatoms. The maximum Gasteiger partial charge on any atom is 0.351 e. The minimum absolute atomic E-state index is 0.0245. The number of carboxylic acid groups (broad SMARTS) is 1. The third kappa shape index (κ3) is 2.16. The summed E-state index contributed by atoms with van der Waals surface area (Å²) < 4.78 is 28.6. The first-order valence-corrected chi connectivity index (χ1v) is 6.56. The Labute approximate surface area is 98.3 Å². The lowest BCUT2D eigenvalue weighted by atomic mass is 10.2. The fourth-order valence-electron chi connectivity index (χ4n) is 1.60. The summed E-state index contributed by atoms with van der Waals surface area (Å²) >= 11 is 0. The van der Waals surface area contributed by atoms with Crippen LogP contribution in [0.5, 0.6) is 0 Å². The minimum Gasteiger partial charge on any atom is -0.490 e. The molecule has 0 saturated heterocycles. The standard InChI is InChI=1S/C11H10O5S/c12-11(13)10-9(8-4-2-1-3-5-8)16-6-7-17(10,14)15/h1-5H,6-7H2,(H,12,13). The molecule has 1 aromatic rings. The lowest BCUT2D eigenvalue weighted by molar-refractivity contribution is -0.131. The number of sulfone groups is 1. The molecule has 1 aromatic carbocycles. The van der Waals surface area contributed by atoms with E-state index in [-0.39, 0.29) is 18.1 Å². The molecule has 0 fully saturated rings. The van der Waals surface area contributed by atoms with Gasteiger partial charge in [0.25, 0.3) is 0 Å². The highest BCUT2D eigenvalue weighted by molar-refractivity contribution is 7.96. The Morgan fingerprint density at radius 1 is 1.24 bits per heavy atom. The fraction of sp³-hybridized carbons (Fsp3) is 0.182. The molecule has 5 nitrogen and oxygen atoms in total. The molecule has 1 N–H and O–H groups in total. The second-order valence-electron chi connectivity index (χ2n) is 3.50. The molecule has 0 saturated carbocycles. The van der Waals surface area contributed by atoms with E-state index in [9.17, 15) is 13.2 Å². The summed E-state index contributed by atoms with van der Waals surface area (Å²) in [7, 11) is -3.77. The smallest absolute Gasteiger partial charge is 0.351 e. The number of ether oxygens (including phenoxy) is 1. The van der Waals surface area contributed by atoms with E-state index in [0.717, 1.165) is 0 Å². The molecule has 1 aliphatic rings. The first-order valence-electron chi connectivity index (χ1n) is 4.91. The zero-order chi connectivity index (χ0) is 12.5. The maximum atomic E-state index is 11.7. The third-order valence-electron chi connectivity index (χ3n) is 2.35. The van der Waals surface area contributed by atoms with Crippen LogP contribution in [0.25, 0.3) is 5.76 Å². The van der Waals surface area contributed by atoms with Gasteiger partial charge in [0.2, 0.25) is 0 Å². The average Bonchev–Trinajstić information content (AvgIpc) is 2.28. The molecule has 2 rings (SSSR count). The Balaban J connectivity index is 2.67. The Bertz CT molecular complexity index is 571. The summed E-state index contributed by atoms with van der Waals surface area (Å²) in [6.07, 6.45) is 0. The van der Waals surface area contributed by atoms with Gasteiger partial charge in [-0.2, -0.15) is 0 Å². The normalized spacial score (nSPS) is 18.6. The predicted octanol–water partition coefficient (Wildman–Crippen LogP) is 0.885. The third-order valence-corrected chi connectivity index (χ3v) is 4.03. The average molecular weight is 254 g/mol. The number of benzene rings is 1. The van der Waals surface area contributed by atoms with Crippen molar-refractivity contribution in [3.63, 3.8) is 0 Å². The van der Waals surface area contributed by atoms with Crippen LogP contribution < -0.4 is 0 Å². The van der Waals surface area contributed by atoms with Crippen LogP contribution in [0.15, 0.2) is 35.2 Å². The van der Waals surface area contributed by atoms with Crippen molar-refractivity contribution in [1.29, 1.82) is 0 Å². The van der Waals surface area contributed by atoms with Crippen molar-refractivity contribution in [3.05, 3.63) is 40.8 Å². The number of carboxylic acids is 1. The number of hydrogen-bond acceptors (Lipinski definition) is 4. The summed E-state index contributed by atoms with van der Waals surface area (Å²) in [4.78, 5) is 10.4. The Morgan fingerprint density at radius 2 is 1.88 bits per heavy atom. The van der Waals surface area contributed by atoms with E-state index in [0.29, 0.717) is 5.56 Å². The van der Waals surface area contributed by atoms with Gasteiger partial charge in [0.1, 0.15) is 6.61 Å². The number of carbonyl (C=O) groups is 1. The molecule has 0 amide bonds. The molecule has 0 bridgehead atoms. The van der Waals surface area contributed by atoms with E-state index < -0.39 is 20.7 Å². The molecule has 0 atom stereocenters. The van der Waals surface area contributed by atoms with Crippen LogP contribution in [0.1, 0.15) is 5.56 Å². The molecular formula is C11H10O5S. The van der Waals surface area contributed by atoms with Gasteiger partial charge >= 0.3 is 5.97 Å². The SMILES string of the molecule is O=C(O)C1=C(c2ccccc2)OCCS1(=O)=O. The summed E-state index contributed by atoms with van der Waals surface area (Å²) in [5.74, 6) is -1.86. The van der Waals surface area contributed by atoms with Crippen LogP contribution in [0.2, 0.25) is 0 Å². The topological polar surface area (TPSA) is 80.7 Å². The van der Waals surface area contributed by atoms with Crippen molar-refractivity contribution in [2.75, 3.05) is 12.4 Å². The largest absolute Gasteiger partial charge is 0.490 e. The van der Waals surface area contributed by atoms with Gasteiger partial charge in [-0.25, -0.2) is 13.2 Å². The van der Waals surface area contributed by atoms with Gasteiger partial charge in [0.15, 0.2) is 20.5 Å². The van der Waals surface area contributed by atoms with Crippen LogP contribution in [-0.2, 0) is 19.4 Å². The molecule has 17 heavy (non-hydrogen) atoms. The van der Waals surface area contributed by atoms with Gasteiger partial charge in [0.05, 0.1) is 5.75 Å². The maximum absolute atomic E-state index is 11.7. The lowest BCUT2D eigenvalue weighted by Gasteiger charge is -2.19. The highest BCUT2D eigenvalue weighted by Gasteiger charge is 2.34. The molecule has 1 aliphatic heterocycles. The molecule has 90 valence electrons.